The smallest absolute Gasteiger partial charge is 0.463 e. The minimum absolute atomic E-state index is 0.116. The first-order chi connectivity index (χ1) is 19.1. The number of para-hydroxylation sites is 2. The Morgan fingerprint density at radius 3 is 2.44 bits per heavy atom. The molecule has 216 valence electrons. The molecule has 16 heteroatoms. The number of benzene rings is 2. The Bertz CT molecular complexity index is 1650. The Labute approximate surface area is 223 Å². The molecule has 0 saturated carbocycles. The van der Waals surface area contributed by atoms with Crippen LogP contribution in [0.3, 0.4) is 0 Å². The van der Waals surface area contributed by atoms with Crippen molar-refractivity contribution >= 4 is 33.8 Å². The van der Waals surface area contributed by atoms with E-state index in [4.69, 9.17) is 4.74 Å². The highest BCUT2D eigenvalue weighted by molar-refractivity contribution is 6.05. The van der Waals surface area contributed by atoms with Gasteiger partial charge in [0.15, 0.2) is 11.9 Å². The van der Waals surface area contributed by atoms with E-state index in [1.807, 2.05) is 0 Å². The van der Waals surface area contributed by atoms with Crippen molar-refractivity contribution in [3.05, 3.63) is 59.9 Å². The molecule has 8 nitrogen and oxygen atoms in total. The van der Waals surface area contributed by atoms with Crippen molar-refractivity contribution in [2.75, 3.05) is 13.1 Å². The highest BCUT2D eigenvalue weighted by Crippen LogP contribution is 2.37. The lowest BCUT2D eigenvalue weighted by Crippen LogP contribution is -2.55. The second-order valence-electron chi connectivity index (χ2n) is 9.03. The minimum atomic E-state index is -5.42. The lowest BCUT2D eigenvalue weighted by molar-refractivity contribution is -0.190. The van der Waals surface area contributed by atoms with Crippen molar-refractivity contribution in [1.82, 2.24) is 19.9 Å². The van der Waals surface area contributed by atoms with Gasteiger partial charge in [-0.25, -0.2) is 23.5 Å². The number of hydrogen-bond acceptors (Lipinski definition) is 6. The van der Waals surface area contributed by atoms with Crippen LogP contribution in [0.4, 0.5) is 35.1 Å². The molecule has 5 rings (SSSR count). The fourth-order valence-corrected chi connectivity index (χ4v) is 4.22. The van der Waals surface area contributed by atoms with Crippen LogP contribution >= 0.6 is 0 Å². The largest absolute Gasteiger partial charge is 0.491 e. The van der Waals surface area contributed by atoms with Gasteiger partial charge in [-0.15, -0.1) is 0 Å². The Morgan fingerprint density at radius 2 is 1.73 bits per heavy atom. The number of pyridine rings is 1. The number of piperidine rings is 1. The van der Waals surface area contributed by atoms with Crippen LogP contribution in [0.1, 0.15) is 22.6 Å². The van der Waals surface area contributed by atoms with Crippen molar-refractivity contribution in [2.24, 2.45) is 0 Å². The number of alkyl halides is 8. The summed E-state index contributed by atoms with van der Waals surface area (Å²) >= 11 is 0. The summed E-state index contributed by atoms with van der Waals surface area (Å²) in [6.07, 6.45) is -13.4. The van der Waals surface area contributed by atoms with Gasteiger partial charge in [0.2, 0.25) is 5.82 Å². The van der Waals surface area contributed by atoms with Gasteiger partial charge in [0.1, 0.15) is 5.52 Å². The third-order valence-electron chi connectivity index (χ3n) is 6.22. The summed E-state index contributed by atoms with van der Waals surface area (Å²) in [5.41, 5.74) is -0.638. The molecule has 1 N–H and O–H groups in total. The molecule has 0 unspecified atom stereocenters. The Balaban J connectivity index is 1.46. The molecule has 2 aromatic carbocycles. The quantitative estimate of drug-likeness (QED) is 0.249. The van der Waals surface area contributed by atoms with Gasteiger partial charge < -0.3 is 19.4 Å². The van der Waals surface area contributed by atoms with E-state index in [2.05, 4.69) is 19.7 Å². The zero-order valence-corrected chi connectivity index (χ0v) is 20.3. The number of aromatic amines is 1. The van der Waals surface area contributed by atoms with Crippen LogP contribution in [0, 0.1) is 0 Å². The Kier molecular flexibility index (Phi) is 6.74. The number of halogens is 8. The number of imidazole rings is 1. The minimum Gasteiger partial charge on any atom is -0.463 e. The zero-order chi connectivity index (χ0) is 29.7. The van der Waals surface area contributed by atoms with E-state index in [0.29, 0.717) is 0 Å². The van der Waals surface area contributed by atoms with Crippen molar-refractivity contribution in [1.29, 1.82) is 0 Å². The number of carbonyl (C=O) groups excluding carboxylic acids is 2. The lowest BCUT2D eigenvalue weighted by Gasteiger charge is -2.38. The van der Waals surface area contributed by atoms with Crippen molar-refractivity contribution in [2.45, 2.75) is 30.8 Å². The monoisotopic (exact) mass is 588 g/mol. The van der Waals surface area contributed by atoms with Crippen LogP contribution < -0.4 is 9.47 Å². The molecule has 1 amide bonds. The first-order valence-electron chi connectivity index (χ1n) is 11.7. The SMILES string of the molecule is O=C(c1cccc2[nH]c(C(F)(F)F)nc12)N1CCC(F)(F)[C@@H](Oc2nc3ccccc3cc2OC(=O)C(F)(F)F)C1. The first kappa shape index (κ1) is 28.0. The molecule has 41 heavy (non-hydrogen) atoms. The highest BCUT2D eigenvalue weighted by atomic mass is 19.4. The summed E-state index contributed by atoms with van der Waals surface area (Å²) in [5, 5.41) is 0.211. The lowest BCUT2D eigenvalue weighted by atomic mass is 10.0. The number of carbonyl (C=O) groups is 2. The number of H-pyrrole nitrogens is 1. The van der Waals surface area contributed by atoms with E-state index in [9.17, 15) is 44.7 Å². The molecule has 1 saturated heterocycles. The third-order valence-corrected chi connectivity index (χ3v) is 6.22. The molecule has 2 aromatic heterocycles. The maximum atomic E-state index is 15.0. The third kappa shape index (κ3) is 5.58. The molecule has 1 fully saturated rings. The van der Waals surface area contributed by atoms with Gasteiger partial charge in [-0.3, -0.25) is 4.79 Å². The number of nitrogens with zero attached hydrogens (tertiary/aromatic N) is 3. The molecule has 1 aliphatic heterocycles. The number of hydrogen-bond donors (Lipinski definition) is 1. The van der Waals surface area contributed by atoms with Crippen LogP contribution in [0.5, 0.6) is 11.6 Å². The number of nitrogens with one attached hydrogen (secondary N) is 1. The Hall–Kier alpha value is -4.50. The van der Waals surface area contributed by atoms with Gasteiger partial charge in [-0.05, 0) is 24.3 Å². The van der Waals surface area contributed by atoms with Crippen LogP contribution in [0.25, 0.3) is 21.9 Å². The number of aromatic nitrogens is 3. The first-order valence-corrected chi connectivity index (χ1v) is 11.7. The summed E-state index contributed by atoms with van der Waals surface area (Å²) in [4.78, 5) is 35.1. The van der Waals surface area contributed by atoms with E-state index in [1.54, 1.807) is 0 Å². The van der Waals surface area contributed by atoms with Gasteiger partial charge in [0.05, 0.1) is 23.1 Å². The second-order valence-corrected chi connectivity index (χ2v) is 9.03. The molecule has 0 aliphatic carbocycles. The number of rotatable bonds is 4. The van der Waals surface area contributed by atoms with Crippen molar-refractivity contribution < 1.29 is 54.2 Å². The maximum Gasteiger partial charge on any atom is 0.491 e. The fourth-order valence-electron chi connectivity index (χ4n) is 4.22. The molecule has 1 aliphatic rings. The molecule has 0 spiro atoms. The molecule has 4 aromatic rings. The normalized spacial score (nSPS) is 17.6. The summed E-state index contributed by atoms with van der Waals surface area (Å²) in [5.74, 6) is -10.3. The van der Waals surface area contributed by atoms with E-state index in [-0.39, 0.29) is 27.5 Å². The highest BCUT2D eigenvalue weighted by Gasteiger charge is 2.48. The van der Waals surface area contributed by atoms with E-state index < -0.39 is 73.2 Å². The standard InChI is InChI=1S/C25H16F8N4O4/c26-23(27)8-9-37(20(38)13-5-3-7-15-18(13)36-21(35-15)24(28,29)30)11-17(23)41-19-16(40-22(39)25(31,32)33)10-12-4-1-2-6-14(12)34-19/h1-7,10,17H,8-9,11H2,(H,35,36)/t17-/m0/s1. The van der Waals surface area contributed by atoms with Crippen LogP contribution in [-0.2, 0) is 11.0 Å². The molecular weight excluding hydrogens is 572 g/mol. The Morgan fingerprint density at radius 1 is 1.00 bits per heavy atom. The summed E-state index contributed by atoms with van der Waals surface area (Å²) in [6, 6.07) is 10.5. The molecule has 3 heterocycles. The van der Waals surface area contributed by atoms with Gasteiger partial charge in [-0.2, -0.15) is 26.3 Å². The van der Waals surface area contributed by atoms with Crippen LogP contribution in [0.2, 0.25) is 0 Å². The average Bonchev–Trinajstić information content (AvgIpc) is 3.34. The van der Waals surface area contributed by atoms with Crippen LogP contribution in [-0.4, -0.2) is 63.0 Å². The number of esters is 1. The van der Waals surface area contributed by atoms with Gasteiger partial charge in [0.25, 0.3) is 17.7 Å². The molecular formula is C25H16F8N4O4. The van der Waals surface area contributed by atoms with Gasteiger partial charge in [-0.1, -0.05) is 24.3 Å². The summed E-state index contributed by atoms with van der Waals surface area (Å²) in [6.45, 7) is -1.36. The topological polar surface area (TPSA) is 97.4 Å². The van der Waals surface area contributed by atoms with Gasteiger partial charge >= 0.3 is 18.3 Å². The van der Waals surface area contributed by atoms with Gasteiger partial charge in [0, 0.05) is 18.4 Å². The number of amides is 1. The molecule has 0 bridgehead atoms. The van der Waals surface area contributed by atoms with E-state index in [1.165, 1.54) is 42.5 Å². The summed E-state index contributed by atoms with van der Waals surface area (Å²) in [7, 11) is 0. The number of ether oxygens (including phenoxy) is 2. The molecule has 1 atom stereocenters. The van der Waals surface area contributed by atoms with E-state index >= 15 is 0 Å². The maximum absolute atomic E-state index is 15.0. The van der Waals surface area contributed by atoms with E-state index in [0.717, 1.165) is 11.0 Å². The predicted molar refractivity (Wildman–Crippen MR) is 124 cm³/mol. The molecule has 0 radical (unpaired) electrons. The predicted octanol–water partition coefficient (Wildman–Crippen LogP) is 5.53. The van der Waals surface area contributed by atoms with Crippen molar-refractivity contribution in [3.8, 4) is 11.6 Å². The second kappa shape index (κ2) is 9.85. The summed E-state index contributed by atoms with van der Waals surface area (Å²) < 4.78 is 118. The number of fused-ring (bicyclic) bond motifs is 2. The zero-order valence-electron chi connectivity index (χ0n) is 20.3. The number of likely N-dealkylation sites (tertiary alicyclic amines) is 1. The van der Waals surface area contributed by atoms with Crippen LogP contribution in [0.15, 0.2) is 48.5 Å². The fraction of sp³-hybridized carbons (Fsp3) is 0.280. The van der Waals surface area contributed by atoms with Crippen molar-refractivity contribution in [3.63, 3.8) is 0 Å². The average molecular weight is 588 g/mol.